The molecular formula is C20H22N2OS. The number of hydrogen-bond acceptors (Lipinski definition) is 3. The minimum atomic E-state index is 0.0634. The van der Waals surface area contributed by atoms with Crippen molar-refractivity contribution in [2.45, 2.75) is 12.5 Å². The topological polar surface area (TPSA) is 32.3 Å². The zero-order valence-electron chi connectivity index (χ0n) is 14.0. The van der Waals surface area contributed by atoms with Crippen LogP contribution in [-0.4, -0.2) is 31.4 Å². The molecule has 1 N–H and O–H groups in total. The first-order chi connectivity index (χ1) is 11.6. The maximum atomic E-state index is 12.4. The molecule has 2 aromatic carbocycles. The molecule has 3 aromatic rings. The molecule has 3 nitrogen and oxygen atoms in total. The Kier molecular flexibility index (Phi) is 5.28. The maximum Gasteiger partial charge on any atom is 0.224 e. The van der Waals surface area contributed by atoms with E-state index in [4.69, 9.17) is 0 Å². The number of rotatable bonds is 6. The van der Waals surface area contributed by atoms with Crippen LogP contribution in [0.3, 0.4) is 0 Å². The Hall–Kier alpha value is -2.17. The van der Waals surface area contributed by atoms with E-state index < -0.39 is 0 Å². The highest BCUT2D eigenvalue weighted by atomic mass is 32.1. The lowest BCUT2D eigenvalue weighted by molar-refractivity contribution is -0.120. The zero-order chi connectivity index (χ0) is 16.9. The van der Waals surface area contributed by atoms with Gasteiger partial charge in [-0.3, -0.25) is 4.79 Å². The molecule has 0 saturated carbocycles. The number of carbonyl (C=O) groups is 1. The fourth-order valence-electron chi connectivity index (χ4n) is 2.96. The Morgan fingerprint density at radius 1 is 1.12 bits per heavy atom. The molecule has 3 rings (SSSR count). The van der Waals surface area contributed by atoms with Gasteiger partial charge >= 0.3 is 0 Å². The van der Waals surface area contributed by atoms with E-state index >= 15 is 0 Å². The van der Waals surface area contributed by atoms with E-state index in [-0.39, 0.29) is 11.9 Å². The van der Waals surface area contributed by atoms with Gasteiger partial charge in [-0.2, -0.15) is 11.3 Å². The number of benzene rings is 2. The van der Waals surface area contributed by atoms with Crippen molar-refractivity contribution in [1.29, 1.82) is 0 Å². The Morgan fingerprint density at radius 3 is 2.67 bits per heavy atom. The molecule has 1 atom stereocenters. The smallest absolute Gasteiger partial charge is 0.224 e. The van der Waals surface area contributed by atoms with Crippen molar-refractivity contribution < 1.29 is 4.79 Å². The molecule has 124 valence electrons. The van der Waals surface area contributed by atoms with Gasteiger partial charge in [-0.25, -0.2) is 0 Å². The molecule has 24 heavy (non-hydrogen) atoms. The highest BCUT2D eigenvalue weighted by molar-refractivity contribution is 7.07. The second-order valence-corrected chi connectivity index (χ2v) is 6.94. The number of carbonyl (C=O) groups excluding carboxylic acids is 1. The predicted octanol–water partition coefficient (Wildman–Crippen LogP) is 3.86. The first kappa shape index (κ1) is 16.7. The second kappa shape index (κ2) is 7.60. The number of nitrogens with one attached hydrogen (secondary N) is 1. The summed E-state index contributed by atoms with van der Waals surface area (Å²) in [4.78, 5) is 14.6. The summed E-state index contributed by atoms with van der Waals surface area (Å²) < 4.78 is 0. The fraction of sp³-hybridized carbons (Fsp3) is 0.250. The Morgan fingerprint density at radius 2 is 1.92 bits per heavy atom. The van der Waals surface area contributed by atoms with Gasteiger partial charge in [0.25, 0.3) is 0 Å². The molecule has 0 radical (unpaired) electrons. The van der Waals surface area contributed by atoms with Crippen LogP contribution in [0, 0.1) is 0 Å². The van der Waals surface area contributed by atoms with Gasteiger partial charge in [0.05, 0.1) is 12.5 Å². The number of thiophene rings is 1. The molecule has 0 spiro atoms. The van der Waals surface area contributed by atoms with Crippen molar-refractivity contribution in [2.24, 2.45) is 0 Å². The van der Waals surface area contributed by atoms with Gasteiger partial charge in [-0.05, 0) is 52.8 Å². The van der Waals surface area contributed by atoms with Crippen LogP contribution in [0.2, 0.25) is 0 Å². The lowest BCUT2D eigenvalue weighted by Gasteiger charge is -2.24. The highest BCUT2D eigenvalue weighted by Crippen LogP contribution is 2.21. The number of fused-ring (bicyclic) bond motifs is 1. The SMILES string of the molecule is CN(C)C(CNC(=O)Cc1cccc2ccccc12)c1ccsc1. The van der Waals surface area contributed by atoms with Crippen LogP contribution in [0.1, 0.15) is 17.2 Å². The first-order valence-corrected chi connectivity index (χ1v) is 9.01. The van der Waals surface area contributed by atoms with Crippen molar-refractivity contribution in [2.75, 3.05) is 20.6 Å². The number of amides is 1. The molecule has 0 fully saturated rings. The monoisotopic (exact) mass is 338 g/mol. The lowest BCUT2D eigenvalue weighted by Crippen LogP contribution is -2.35. The lowest BCUT2D eigenvalue weighted by atomic mass is 10.0. The van der Waals surface area contributed by atoms with Gasteiger partial charge in [-0.1, -0.05) is 42.5 Å². The van der Waals surface area contributed by atoms with Crippen molar-refractivity contribution >= 4 is 28.0 Å². The van der Waals surface area contributed by atoms with Crippen molar-refractivity contribution in [3.05, 3.63) is 70.4 Å². The van der Waals surface area contributed by atoms with Crippen LogP contribution in [0.5, 0.6) is 0 Å². The normalized spacial score (nSPS) is 12.5. The van der Waals surface area contributed by atoms with E-state index in [0.29, 0.717) is 13.0 Å². The minimum absolute atomic E-state index is 0.0634. The Bertz CT molecular complexity index is 806. The third kappa shape index (κ3) is 3.83. The molecule has 0 aliphatic rings. The number of likely N-dealkylation sites (N-methyl/N-ethyl adjacent to an activating group) is 1. The quantitative estimate of drug-likeness (QED) is 0.740. The Balaban J connectivity index is 1.67. The van der Waals surface area contributed by atoms with Gasteiger partial charge in [0.1, 0.15) is 0 Å². The van der Waals surface area contributed by atoms with Gasteiger partial charge in [0.15, 0.2) is 0 Å². The maximum absolute atomic E-state index is 12.4. The molecule has 4 heteroatoms. The third-order valence-electron chi connectivity index (χ3n) is 4.27. The van der Waals surface area contributed by atoms with Crippen molar-refractivity contribution in [3.63, 3.8) is 0 Å². The van der Waals surface area contributed by atoms with Crippen LogP contribution >= 0.6 is 11.3 Å². The summed E-state index contributed by atoms with van der Waals surface area (Å²) in [5, 5.41) is 9.63. The number of hydrogen-bond donors (Lipinski definition) is 1. The molecular weight excluding hydrogens is 316 g/mol. The highest BCUT2D eigenvalue weighted by Gasteiger charge is 2.16. The largest absolute Gasteiger partial charge is 0.354 e. The van der Waals surface area contributed by atoms with Crippen molar-refractivity contribution in [1.82, 2.24) is 10.2 Å². The summed E-state index contributed by atoms with van der Waals surface area (Å²) >= 11 is 1.68. The molecule has 0 aliphatic carbocycles. The van der Waals surface area contributed by atoms with Crippen LogP contribution in [0.25, 0.3) is 10.8 Å². The van der Waals surface area contributed by atoms with Crippen LogP contribution in [0.15, 0.2) is 59.3 Å². The van der Waals surface area contributed by atoms with E-state index in [1.165, 1.54) is 10.9 Å². The third-order valence-corrected chi connectivity index (χ3v) is 4.98. The second-order valence-electron chi connectivity index (χ2n) is 6.16. The Labute approximate surface area is 146 Å². The average Bonchev–Trinajstić information content (AvgIpc) is 3.09. The first-order valence-electron chi connectivity index (χ1n) is 8.07. The minimum Gasteiger partial charge on any atom is -0.354 e. The fourth-order valence-corrected chi connectivity index (χ4v) is 3.66. The van der Waals surface area contributed by atoms with E-state index in [2.05, 4.69) is 45.2 Å². The summed E-state index contributed by atoms with van der Waals surface area (Å²) in [5.41, 5.74) is 2.32. The van der Waals surface area contributed by atoms with Gasteiger partial charge < -0.3 is 10.2 Å². The molecule has 0 aliphatic heterocycles. The van der Waals surface area contributed by atoms with Crippen LogP contribution in [-0.2, 0) is 11.2 Å². The molecule has 0 bridgehead atoms. The summed E-state index contributed by atoms with van der Waals surface area (Å²) in [6.45, 7) is 0.618. The van der Waals surface area contributed by atoms with Gasteiger partial charge in [-0.15, -0.1) is 0 Å². The van der Waals surface area contributed by atoms with E-state index in [1.807, 2.05) is 38.4 Å². The molecule has 1 heterocycles. The predicted molar refractivity (Wildman–Crippen MR) is 101 cm³/mol. The molecule has 1 amide bonds. The summed E-state index contributed by atoms with van der Waals surface area (Å²) in [6, 6.07) is 16.6. The van der Waals surface area contributed by atoms with Crippen molar-refractivity contribution in [3.8, 4) is 0 Å². The summed E-state index contributed by atoms with van der Waals surface area (Å²) in [5.74, 6) is 0.0634. The van der Waals surface area contributed by atoms with Crippen LogP contribution in [0.4, 0.5) is 0 Å². The summed E-state index contributed by atoms with van der Waals surface area (Å²) in [7, 11) is 4.08. The van der Waals surface area contributed by atoms with Gasteiger partial charge in [0.2, 0.25) is 5.91 Å². The van der Waals surface area contributed by atoms with Crippen LogP contribution < -0.4 is 5.32 Å². The molecule has 1 unspecified atom stereocenters. The van der Waals surface area contributed by atoms with E-state index in [1.54, 1.807) is 11.3 Å². The van der Waals surface area contributed by atoms with E-state index in [9.17, 15) is 4.79 Å². The number of nitrogens with zero attached hydrogens (tertiary/aromatic N) is 1. The summed E-state index contributed by atoms with van der Waals surface area (Å²) in [6.07, 6.45) is 0.408. The molecule has 1 aromatic heterocycles. The van der Waals surface area contributed by atoms with Gasteiger partial charge in [0, 0.05) is 6.54 Å². The average molecular weight is 338 g/mol. The molecule has 0 saturated heterocycles. The zero-order valence-corrected chi connectivity index (χ0v) is 14.8. The standard InChI is InChI=1S/C20H22N2OS/c1-22(2)19(17-10-11-24-14-17)13-21-20(23)12-16-8-5-7-15-6-3-4-9-18(15)16/h3-11,14,19H,12-13H2,1-2H3,(H,21,23). The van der Waals surface area contributed by atoms with E-state index in [0.717, 1.165) is 10.9 Å².